The molecule has 1 fully saturated rings. The van der Waals surface area contributed by atoms with Crippen molar-refractivity contribution in [3.63, 3.8) is 0 Å². The van der Waals surface area contributed by atoms with Gasteiger partial charge in [0.15, 0.2) is 0 Å². The Balaban J connectivity index is 1.94. The van der Waals surface area contributed by atoms with E-state index in [0.717, 1.165) is 11.3 Å². The van der Waals surface area contributed by atoms with Gasteiger partial charge >= 0.3 is 0 Å². The Morgan fingerprint density at radius 1 is 1.21 bits per heavy atom. The highest BCUT2D eigenvalue weighted by atomic mass is 16.5. The molecule has 1 aromatic carbocycles. The molecule has 0 bridgehead atoms. The fourth-order valence-corrected chi connectivity index (χ4v) is 2.22. The third-order valence-electron chi connectivity index (χ3n) is 3.69. The summed E-state index contributed by atoms with van der Waals surface area (Å²) in [4.78, 5) is 8.76. The Hall–Kier alpha value is -1.74. The van der Waals surface area contributed by atoms with Crippen molar-refractivity contribution < 1.29 is 4.74 Å². The molecule has 1 aliphatic rings. The zero-order valence-electron chi connectivity index (χ0n) is 11.3. The van der Waals surface area contributed by atoms with Gasteiger partial charge in [0.05, 0.1) is 11.8 Å². The van der Waals surface area contributed by atoms with Crippen molar-refractivity contribution in [3.05, 3.63) is 47.9 Å². The molecule has 1 aromatic heterocycles. The predicted octanol–water partition coefficient (Wildman–Crippen LogP) is 3.73. The molecule has 0 unspecified atom stereocenters. The first kappa shape index (κ1) is 12.3. The lowest BCUT2D eigenvalue weighted by atomic mass is 10.0. The lowest BCUT2D eigenvalue weighted by molar-refractivity contribution is 0.119. The van der Waals surface area contributed by atoms with E-state index in [-0.39, 0.29) is 6.10 Å². The third-order valence-corrected chi connectivity index (χ3v) is 3.69. The maximum Gasteiger partial charge on any atom is 0.116 e. The fourth-order valence-electron chi connectivity index (χ4n) is 2.22. The van der Waals surface area contributed by atoms with Crippen molar-refractivity contribution in [3.8, 4) is 11.3 Å². The Bertz CT molecular complexity index is 578. The summed E-state index contributed by atoms with van der Waals surface area (Å²) in [6.07, 6.45) is 4.30. The van der Waals surface area contributed by atoms with Crippen LogP contribution in [0.1, 0.15) is 43.0 Å². The number of ether oxygens (including phenoxy) is 1. The van der Waals surface area contributed by atoms with E-state index >= 15 is 0 Å². The van der Waals surface area contributed by atoms with Crippen LogP contribution in [0, 0.1) is 0 Å². The fraction of sp³-hybridized carbons (Fsp3) is 0.375. The molecule has 98 valence electrons. The second kappa shape index (κ2) is 5.10. The van der Waals surface area contributed by atoms with E-state index in [1.165, 1.54) is 24.1 Å². The molecule has 0 aliphatic heterocycles. The minimum atomic E-state index is 0.102. The van der Waals surface area contributed by atoms with Crippen LogP contribution in [0.4, 0.5) is 0 Å². The summed E-state index contributed by atoms with van der Waals surface area (Å²) >= 11 is 0. The Kier molecular flexibility index (Phi) is 3.30. The highest BCUT2D eigenvalue weighted by Gasteiger charge is 2.25. The molecule has 0 amide bonds. The summed E-state index contributed by atoms with van der Waals surface area (Å²) in [5.74, 6) is 0.655. The van der Waals surface area contributed by atoms with Crippen molar-refractivity contribution >= 4 is 0 Å². The molecule has 0 radical (unpaired) electrons. The van der Waals surface area contributed by atoms with Gasteiger partial charge in [-0.3, -0.25) is 0 Å². The molecule has 3 rings (SSSR count). The number of nitrogens with zero attached hydrogens (tertiary/aromatic N) is 2. The first-order valence-electron chi connectivity index (χ1n) is 6.73. The van der Waals surface area contributed by atoms with Gasteiger partial charge < -0.3 is 4.74 Å². The molecular weight excluding hydrogens is 236 g/mol. The molecule has 1 heterocycles. The smallest absolute Gasteiger partial charge is 0.116 e. The number of rotatable bonds is 4. The predicted molar refractivity (Wildman–Crippen MR) is 74.9 cm³/mol. The molecule has 3 nitrogen and oxygen atoms in total. The first-order chi connectivity index (χ1) is 9.28. The second-order valence-electron chi connectivity index (χ2n) is 5.11. The third kappa shape index (κ3) is 2.66. The van der Waals surface area contributed by atoms with Gasteiger partial charge in [0.25, 0.3) is 0 Å². The van der Waals surface area contributed by atoms with Gasteiger partial charge in [0.1, 0.15) is 6.33 Å². The molecule has 1 atom stereocenters. The summed E-state index contributed by atoms with van der Waals surface area (Å²) in [5.41, 5.74) is 4.48. The van der Waals surface area contributed by atoms with Gasteiger partial charge in [-0.25, -0.2) is 9.97 Å². The Morgan fingerprint density at radius 2 is 2.05 bits per heavy atom. The molecule has 1 aliphatic carbocycles. The summed E-state index contributed by atoms with van der Waals surface area (Å²) in [6, 6.07) is 10.5. The molecule has 0 saturated heterocycles. The second-order valence-corrected chi connectivity index (χ2v) is 5.11. The van der Waals surface area contributed by atoms with Gasteiger partial charge in [-0.2, -0.15) is 0 Å². The molecule has 1 saturated carbocycles. The number of benzene rings is 1. The quantitative estimate of drug-likeness (QED) is 0.834. The topological polar surface area (TPSA) is 35.0 Å². The van der Waals surface area contributed by atoms with Crippen LogP contribution < -0.4 is 0 Å². The number of methoxy groups -OCH3 is 1. The van der Waals surface area contributed by atoms with Crippen LogP contribution in [0.25, 0.3) is 11.3 Å². The highest BCUT2D eigenvalue weighted by Crippen LogP contribution is 2.39. The SMILES string of the molecule is CO[C@@H](C)c1cccc(-c2cc(C3CC3)ncn2)c1. The summed E-state index contributed by atoms with van der Waals surface area (Å²) in [6.45, 7) is 2.05. The van der Waals surface area contributed by atoms with Crippen LogP contribution in [0.15, 0.2) is 36.7 Å². The van der Waals surface area contributed by atoms with Crippen LogP contribution >= 0.6 is 0 Å². The first-order valence-corrected chi connectivity index (χ1v) is 6.73. The van der Waals surface area contributed by atoms with Crippen LogP contribution in [0.3, 0.4) is 0 Å². The standard InChI is InChI=1S/C16H18N2O/c1-11(19-2)13-4-3-5-14(8-13)16-9-15(12-6-7-12)17-10-18-16/h3-5,8-12H,6-7H2,1-2H3/t11-/m0/s1. The van der Waals surface area contributed by atoms with Crippen molar-refractivity contribution in [2.75, 3.05) is 7.11 Å². The van der Waals surface area contributed by atoms with E-state index in [1.54, 1.807) is 13.4 Å². The lowest BCUT2D eigenvalue weighted by Gasteiger charge is -2.11. The van der Waals surface area contributed by atoms with Gasteiger partial charge in [-0.15, -0.1) is 0 Å². The van der Waals surface area contributed by atoms with E-state index in [4.69, 9.17) is 4.74 Å². The van der Waals surface area contributed by atoms with E-state index in [2.05, 4.69) is 47.2 Å². The van der Waals surface area contributed by atoms with Crippen molar-refractivity contribution in [1.82, 2.24) is 9.97 Å². The van der Waals surface area contributed by atoms with Gasteiger partial charge in [-0.05, 0) is 37.5 Å². The Morgan fingerprint density at radius 3 is 2.79 bits per heavy atom. The molecule has 0 N–H and O–H groups in total. The van der Waals surface area contributed by atoms with Crippen molar-refractivity contribution in [1.29, 1.82) is 0 Å². The number of hydrogen-bond acceptors (Lipinski definition) is 3. The minimum absolute atomic E-state index is 0.102. The van der Waals surface area contributed by atoms with Crippen molar-refractivity contribution in [2.24, 2.45) is 0 Å². The number of hydrogen-bond donors (Lipinski definition) is 0. The van der Waals surface area contributed by atoms with E-state index in [0.29, 0.717) is 5.92 Å². The zero-order chi connectivity index (χ0) is 13.2. The highest BCUT2D eigenvalue weighted by molar-refractivity contribution is 5.60. The zero-order valence-corrected chi connectivity index (χ0v) is 11.3. The van der Waals surface area contributed by atoms with Crippen LogP contribution in [0.2, 0.25) is 0 Å². The van der Waals surface area contributed by atoms with Crippen LogP contribution in [-0.2, 0) is 4.74 Å². The maximum atomic E-state index is 5.37. The minimum Gasteiger partial charge on any atom is -0.377 e. The summed E-state index contributed by atoms with van der Waals surface area (Å²) in [7, 11) is 1.73. The molecule has 3 heteroatoms. The normalized spacial score (nSPS) is 16.3. The molecule has 0 spiro atoms. The lowest BCUT2D eigenvalue weighted by Crippen LogP contribution is -1.96. The Labute approximate surface area is 113 Å². The molecule has 2 aromatic rings. The molecular formula is C16H18N2O. The monoisotopic (exact) mass is 254 g/mol. The average molecular weight is 254 g/mol. The summed E-state index contributed by atoms with van der Waals surface area (Å²) < 4.78 is 5.37. The van der Waals surface area contributed by atoms with E-state index < -0.39 is 0 Å². The van der Waals surface area contributed by atoms with E-state index in [1.807, 2.05) is 0 Å². The van der Waals surface area contributed by atoms with Gasteiger partial charge in [0, 0.05) is 24.3 Å². The van der Waals surface area contributed by atoms with E-state index in [9.17, 15) is 0 Å². The molecule has 19 heavy (non-hydrogen) atoms. The van der Waals surface area contributed by atoms with Crippen LogP contribution in [-0.4, -0.2) is 17.1 Å². The van der Waals surface area contributed by atoms with Crippen molar-refractivity contribution in [2.45, 2.75) is 31.8 Å². The van der Waals surface area contributed by atoms with Gasteiger partial charge in [0.2, 0.25) is 0 Å². The summed E-state index contributed by atoms with van der Waals surface area (Å²) in [5, 5.41) is 0. The average Bonchev–Trinajstić information content (AvgIpc) is 3.31. The maximum absolute atomic E-state index is 5.37. The number of aromatic nitrogens is 2. The van der Waals surface area contributed by atoms with Crippen LogP contribution in [0.5, 0.6) is 0 Å². The van der Waals surface area contributed by atoms with Gasteiger partial charge in [-0.1, -0.05) is 18.2 Å². The largest absolute Gasteiger partial charge is 0.377 e.